The molecule has 0 bridgehead atoms. The van der Waals surface area contributed by atoms with E-state index in [0.717, 1.165) is 23.3 Å². The van der Waals surface area contributed by atoms with Crippen molar-refractivity contribution in [2.75, 3.05) is 7.11 Å². The number of aromatic nitrogens is 2. The zero-order valence-corrected chi connectivity index (χ0v) is 17.5. The third kappa shape index (κ3) is 4.47. The maximum absolute atomic E-state index is 6.11. The van der Waals surface area contributed by atoms with E-state index in [1.807, 2.05) is 36.4 Å². The highest BCUT2D eigenvalue weighted by atomic mass is 35.5. The lowest BCUT2D eigenvalue weighted by Crippen LogP contribution is -1.96. The van der Waals surface area contributed by atoms with Crippen LogP contribution in [-0.4, -0.2) is 17.3 Å². The van der Waals surface area contributed by atoms with Crippen molar-refractivity contribution in [2.24, 2.45) is 0 Å². The van der Waals surface area contributed by atoms with Gasteiger partial charge < -0.3 is 14.0 Å². The number of halogens is 1. The molecule has 0 aliphatic heterocycles. The van der Waals surface area contributed by atoms with E-state index in [4.69, 9.17) is 25.6 Å². The van der Waals surface area contributed by atoms with Crippen molar-refractivity contribution in [3.63, 3.8) is 0 Å². The summed E-state index contributed by atoms with van der Waals surface area (Å²) in [7, 11) is 1.59. The minimum Gasteiger partial charge on any atom is -0.496 e. The largest absolute Gasteiger partial charge is 0.496 e. The van der Waals surface area contributed by atoms with Crippen LogP contribution in [-0.2, 0) is 13.0 Å². The lowest BCUT2D eigenvalue weighted by Gasteiger charge is -2.07. The molecule has 0 saturated heterocycles. The summed E-state index contributed by atoms with van der Waals surface area (Å²) in [6.07, 6.45) is 1.01. The Morgan fingerprint density at radius 1 is 0.967 bits per heavy atom. The number of rotatable bonds is 7. The molecule has 152 valence electrons. The van der Waals surface area contributed by atoms with Crippen molar-refractivity contribution in [3.8, 4) is 34.3 Å². The summed E-state index contributed by atoms with van der Waals surface area (Å²) in [6.45, 7) is 2.58. The molecule has 0 spiro atoms. The van der Waals surface area contributed by atoms with Gasteiger partial charge in [0.25, 0.3) is 5.89 Å². The zero-order chi connectivity index (χ0) is 20.9. The van der Waals surface area contributed by atoms with Gasteiger partial charge in [0.2, 0.25) is 5.82 Å². The van der Waals surface area contributed by atoms with Crippen molar-refractivity contribution in [1.29, 1.82) is 0 Å². The summed E-state index contributed by atoms with van der Waals surface area (Å²) in [4.78, 5) is 4.52. The van der Waals surface area contributed by atoms with Crippen LogP contribution in [0.2, 0.25) is 5.02 Å². The highest BCUT2D eigenvalue weighted by Crippen LogP contribution is 2.32. The number of hydrogen-bond acceptors (Lipinski definition) is 5. The molecule has 4 rings (SSSR count). The Balaban J connectivity index is 1.52. The van der Waals surface area contributed by atoms with Crippen molar-refractivity contribution >= 4 is 11.6 Å². The third-order valence-corrected chi connectivity index (χ3v) is 4.97. The lowest BCUT2D eigenvalue weighted by molar-refractivity contribution is 0.306. The molecule has 0 fully saturated rings. The molecule has 0 atom stereocenters. The molecule has 1 aromatic heterocycles. The number of ether oxygens (including phenoxy) is 2. The molecule has 5 nitrogen and oxygen atoms in total. The fourth-order valence-electron chi connectivity index (χ4n) is 3.09. The van der Waals surface area contributed by atoms with Crippen LogP contribution in [0.1, 0.15) is 18.1 Å². The predicted octanol–water partition coefficient (Wildman–Crippen LogP) is 6.21. The number of nitrogens with zero attached hydrogens (tertiary/aromatic N) is 2. The van der Waals surface area contributed by atoms with Crippen LogP contribution in [0.15, 0.2) is 71.3 Å². The minimum atomic E-state index is 0.418. The SMILES string of the molecule is CCc1ccc(OCc2cccc(-c3nc(-c4cc(Cl)ccc4OC)no3)c2)cc1. The molecular weight excluding hydrogens is 400 g/mol. The molecule has 4 aromatic rings. The van der Waals surface area contributed by atoms with Gasteiger partial charge in [-0.15, -0.1) is 0 Å². The number of methoxy groups -OCH3 is 1. The van der Waals surface area contributed by atoms with E-state index in [1.165, 1.54) is 5.56 Å². The first-order chi connectivity index (χ1) is 14.7. The van der Waals surface area contributed by atoms with Crippen LogP contribution in [0.3, 0.4) is 0 Å². The van der Waals surface area contributed by atoms with Gasteiger partial charge in [-0.2, -0.15) is 4.98 Å². The Morgan fingerprint density at radius 2 is 1.80 bits per heavy atom. The van der Waals surface area contributed by atoms with Crippen molar-refractivity contribution < 1.29 is 14.0 Å². The van der Waals surface area contributed by atoms with E-state index < -0.39 is 0 Å². The van der Waals surface area contributed by atoms with Gasteiger partial charge in [-0.25, -0.2) is 0 Å². The summed E-state index contributed by atoms with van der Waals surface area (Å²) in [6, 6.07) is 21.3. The molecule has 6 heteroatoms. The quantitative estimate of drug-likeness (QED) is 0.356. The fraction of sp³-hybridized carbons (Fsp3) is 0.167. The van der Waals surface area contributed by atoms with Gasteiger partial charge in [0.05, 0.1) is 12.7 Å². The van der Waals surface area contributed by atoms with Crippen LogP contribution in [0.4, 0.5) is 0 Å². The second kappa shape index (κ2) is 9.01. The highest BCUT2D eigenvalue weighted by molar-refractivity contribution is 6.30. The van der Waals surface area contributed by atoms with Crippen LogP contribution >= 0.6 is 11.6 Å². The van der Waals surface area contributed by atoms with Crippen molar-refractivity contribution in [3.05, 3.63) is 82.9 Å². The number of aryl methyl sites for hydroxylation is 1. The monoisotopic (exact) mass is 420 g/mol. The van der Waals surface area contributed by atoms with Gasteiger partial charge in [0.15, 0.2) is 0 Å². The zero-order valence-electron chi connectivity index (χ0n) is 16.8. The summed E-state index contributed by atoms with van der Waals surface area (Å²) >= 11 is 6.11. The van der Waals surface area contributed by atoms with E-state index in [0.29, 0.717) is 34.7 Å². The van der Waals surface area contributed by atoms with Gasteiger partial charge in [-0.3, -0.25) is 0 Å². The van der Waals surface area contributed by atoms with E-state index >= 15 is 0 Å². The summed E-state index contributed by atoms with van der Waals surface area (Å²) in [5, 5.41) is 4.67. The van der Waals surface area contributed by atoms with E-state index in [9.17, 15) is 0 Å². The Morgan fingerprint density at radius 3 is 2.57 bits per heavy atom. The standard InChI is InChI=1S/C24H21ClN2O3/c1-3-16-7-10-20(11-8-16)29-15-17-5-4-6-18(13-17)24-26-23(27-30-24)21-14-19(25)9-12-22(21)28-2/h4-14H,3,15H2,1-2H3. The summed E-state index contributed by atoms with van der Waals surface area (Å²) < 4.78 is 16.8. The Bertz CT molecular complexity index is 1140. The van der Waals surface area contributed by atoms with Gasteiger partial charge in [0, 0.05) is 10.6 Å². The van der Waals surface area contributed by atoms with Crippen LogP contribution in [0, 0.1) is 0 Å². The average molecular weight is 421 g/mol. The molecule has 0 aliphatic rings. The second-order valence-electron chi connectivity index (χ2n) is 6.75. The maximum atomic E-state index is 6.11. The third-order valence-electron chi connectivity index (χ3n) is 4.74. The molecule has 1 heterocycles. The molecule has 0 unspecified atom stereocenters. The number of hydrogen-bond donors (Lipinski definition) is 0. The molecule has 0 amide bonds. The van der Waals surface area contributed by atoms with E-state index in [2.05, 4.69) is 29.2 Å². The number of benzene rings is 3. The molecule has 0 saturated carbocycles. The second-order valence-corrected chi connectivity index (χ2v) is 7.19. The van der Waals surface area contributed by atoms with Crippen LogP contribution in [0.25, 0.3) is 22.8 Å². The fourth-order valence-corrected chi connectivity index (χ4v) is 3.26. The van der Waals surface area contributed by atoms with Gasteiger partial charge in [0.1, 0.15) is 18.1 Å². The minimum absolute atomic E-state index is 0.418. The first kappa shape index (κ1) is 20.0. The van der Waals surface area contributed by atoms with Gasteiger partial charge in [-0.05, 0) is 60.0 Å². The van der Waals surface area contributed by atoms with Crippen molar-refractivity contribution in [1.82, 2.24) is 10.1 Å². The molecule has 3 aromatic carbocycles. The topological polar surface area (TPSA) is 57.4 Å². The molecule has 0 N–H and O–H groups in total. The Labute approximate surface area is 180 Å². The van der Waals surface area contributed by atoms with Gasteiger partial charge in [-0.1, -0.05) is 47.9 Å². The molecule has 0 aliphatic carbocycles. The summed E-state index contributed by atoms with van der Waals surface area (Å²) in [5.41, 5.74) is 3.78. The Hall–Kier alpha value is -3.31. The first-order valence-electron chi connectivity index (χ1n) is 9.65. The normalized spacial score (nSPS) is 10.8. The maximum Gasteiger partial charge on any atom is 0.258 e. The lowest BCUT2D eigenvalue weighted by atomic mass is 10.1. The predicted molar refractivity (Wildman–Crippen MR) is 117 cm³/mol. The summed E-state index contributed by atoms with van der Waals surface area (Å²) in [5.74, 6) is 2.30. The smallest absolute Gasteiger partial charge is 0.258 e. The first-order valence-corrected chi connectivity index (χ1v) is 10.0. The highest BCUT2D eigenvalue weighted by Gasteiger charge is 2.15. The average Bonchev–Trinajstić information content (AvgIpc) is 3.28. The Kier molecular flexibility index (Phi) is 6.00. The van der Waals surface area contributed by atoms with E-state index in [-0.39, 0.29) is 0 Å². The van der Waals surface area contributed by atoms with Crippen LogP contribution < -0.4 is 9.47 Å². The van der Waals surface area contributed by atoms with Crippen LogP contribution in [0.5, 0.6) is 11.5 Å². The van der Waals surface area contributed by atoms with E-state index in [1.54, 1.807) is 25.3 Å². The molecule has 0 radical (unpaired) electrons. The molecule has 30 heavy (non-hydrogen) atoms. The van der Waals surface area contributed by atoms with Crippen molar-refractivity contribution in [2.45, 2.75) is 20.0 Å². The molecular formula is C24H21ClN2O3. The van der Waals surface area contributed by atoms with Gasteiger partial charge >= 0.3 is 0 Å².